The summed E-state index contributed by atoms with van der Waals surface area (Å²) in [5, 5.41) is 43.1. The van der Waals surface area contributed by atoms with Crippen LogP contribution in [-0.4, -0.2) is 59.8 Å². The molecule has 2 fully saturated rings. The van der Waals surface area contributed by atoms with Crippen molar-refractivity contribution in [2.24, 2.45) is 10.3 Å². The van der Waals surface area contributed by atoms with E-state index in [1.54, 1.807) is 0 Å². The van der Waals surface area contributed by atoms with Crippen molar-refractivity contribution in [3.63, 3.8) is 0 Å². The van der Waals surface area contributed by atoms with E-state index in [9.17, 15) is 0 Å². The van der Waals surface area contributed by atoms with E-state index in [0.29, 0.717) is 0 Å². The molecule has 25 heavy (non-hydrogen) atoms. The fraction of sp³-hybridized carbons (Fsp3) is 0.833. The summed E-state index contributed by atoms with van der Waals surface area (Å²) in [6.07, 6.45) is 3.00. The van der Waals surface area contributed by atoms with Crippen LogP contribution in [0.2, 0.25) is 0 Å². The topological polar surface area (TPSA) is 142 Å². The molecule has 6 N–H and O–H groups in total. The van der Waals surface area contributed by atoms with Crippen LogP contribution in [0.3, 0.4) is 0 Å². The molecule has 2 aliphatic heterocycles. The van der Waals surface area contributed by atoms with Gasteiger partial charge in [0.25, 0.3) is 0 Å². The van der Waals surface area contributed by atoms with Gasteiger partial charge in [-0.1, -0.05) is 26.2 Å². The van der Waals surface area contributed by atoms with Gasteiger partial charge >= 0.3 is 39.3 Å². The van der Waals surface area contributed by atoms with Gasteiger partial charge in [0.15, 0.2) is 0 Å². The van der Waals surface area contributed by atoms with Crippen LogP contribution < -0.4 is 21.3 Å². The van der Waals surface area contributed by atoms with Gasteiger partial charge in [0.05, 0.1) is 12.3 Å². The van der Waals surface area contributed by atoms with Gasteiger partial charge < -0.3 is 42.3 Å². The molecule has 2 saturated heterocycles. The van der Waals surface area contributed by atoms with Gasteiger partial charge in [-0.3, -0.25) is 0 Å². The van der Waals surface area contributed by atoms with Crippen molar-refractivity contribution in [2.45, 2.75) is 64.7 Å². The van der Waals surface area contributed by atoms with Crippen LogP contribution >= 0.6 is 28.5 Å². The first-order valence-electron chi connectivity index (χ1n) is 7.47. The molecule has 0 aliphatic carbocycles. The molecule has 0 radical (unpaired) electrons. The maximum absolute atomic E-state index is 8.24. The van der Waals surface area contributed by atoms with Gasteiger partial charge in [0, 0.05) is 12.4 Å². The molecule has 2 rings (SSSR count). The molecule has 0 aromatic rings. The number of nitrogens with zero attached hydrogens (tertiary/aromatic N) is 4. The summed E-state index contributed by atoms with van der Waals surface area (Å²) < 4.78 is 0. The summed E-state index contributed by atoms with van der Waals surface area (Å²) in [5.41, 5.74) is 0. The number of hydrogen-bond acceptors (Lipinski definition) is 8. The fourth-order valence-electron chi connectivity index (χ4n) is 2.28. The monoisotopic (exact) mass is 530 g/mol. The molecule has 150 valence electrons. The molecule has 0 amide bonds. The van der Waals surface area contributed by atoms with Crippen molar-refractivity contribution >= 4 is 40.9 Å². The van der Waals surface area contributed by atoms with E-state index in [-0.39, 0.29) is 37.0 Å². The van der Waals surface area contributed by atoms with Gasteiger partial charge in [-0.05, 0) is 26.2 Å². The van der Waals surface area contributed by atoms with E-state index in [1.807, 2.05) is 27.7 Å². The van der Waals surface area contributed by atoms with Gasteiger partial charge in [-0.2, -0.15) is 0 Å². The first-order valence-corrected chi connectivity index (χ1v) is 12.4. The molecular weight excluding hydrogens is 507 g/mol. The summed E-state index contributed by atoms with van der Waals surface area (Å²) in [6, 6.07) is 0. The molecule has 10 nitrogen and oxygen atoms in total. The first-order chi connectivity index (χ1) is 11.9. The molecule has 2 aliphatic rings. The zero-order valence-corrected chi connectivity index (χ0v) is 18.5. The molecule has 13 heteroatoms. The third-order valence-corrected chi connectivity index (χ3v) is 3.01. The molecule has 6 unspecified atom stereocenters. The number of oxime groups is 2. The second-order valence-corrected chi connectivity index (χ2v) is 10.2. The Morgan fingerprint density at radius 3 is 1.36 bits per heavy atom. The predicted molar refractivity (Wildman–Crippen MR) is 103 cm³/mol. The molecule has 0 aromatic heterocycles. The third-order valence-electron chi connectivity index (χ3n) is 3.01. The normalized spacial score (nSPS) is 35.8. The predicted octanol–water partition coefficient (Wildman–Crippen LogP) is 1.75. The Labute approximate surface area is 168 Å². The number of rotatable bonds is 2. The molecule has 0 aromatic carbocycles. The van der Waals surface area contributed by atoms with E-state index >= 15 is 0 Å². The minimum atomic E-state index is -0.175. The average Bonchev–Trinajstić information content (AvgIpc) is 2.47. The van der Waals surface area contributed by atoms with Crippen molar-refractivity contribution in [1.82, 2.24) is 21.3 Å². The van der Waals surface area contributed by atoms with Gasteiger partial charge in [0.2, 0.25) is 0 Å². The summed E-state index contributed by atoms with van der Waals surface area (Å²) in [5.74, 6) is 0. The standard InChI is InChI=1S/2C6H13N4O.2BrH.Ni/c2*1-4-8-5(2)10-6(9-4)3-7-11;;;/h2*3-6,8-9,11H,1-2H3;2*1H;/q2*-1;;;+4/p-2/b2*7-3+;;;. The second-order valence-electron chi connectivity index (χ2n) is 5.22. The van der Waals surface area contributed by atoms with Crippen molar-refractivity contribution in [3.8, 4) is 0 Å². The van der Waals surface area contributed by atoms with E-state index in [1.165, 1.54) is 23.3 Å². The summed E-state index contributed by atoms with van der Waals surface area (Å²) in [4.78, 5) is 0. The van der Waals surface area contributed by atoms with Crippen molar-refractivity contribution < 1.29 is 21.3 Å². The molecule has 0 bridgehead atoms. The fourth-order valence-corrected chi connectivity index (χ4v) is 2.28. The van der Waals surface area contributed by atoms with E-state index in [2.05, 4.69) is 70.7 Å². The summed E-state index contributed by atoms with van der Waals surface area (Å²) in [7, 11) is 1.25. The summed E-state index contributed by atoms with van der Waals surface area (Å²) >= 11 is 6.00. The van der Waals surface area contributed by atoms with Crippen LogP contribution in [0.4, 0.5) is 0 Å². The average molecular weight is 533 g/mol. The first kappa shape index (κ1) is 25.2. The minimum absolute atomic E-state index is 0.106. The Morgan fingerprint density at radius 2 is 1.12 bits per heavy atom. The number of nitrogens with one attached hydrogen (secondary N) is 4. The van der Waals surface area contributed by atoms with Crippen LogP contribution in [0, 0.1) is 0 Å². The Bertz CT molecular complexity index is 342. The van der Waals surface area contributed by atoms with Crippen molar-refractivity contribution in [3.05, 3.63) is 10.6 Å². The van der Waals surface area contributed by atoms with Crippen LogP contribution in [0.25, 0.3) is 10.6 Å². The number of halogens is 2. The van der Waals surface area contributed by atoms with Gasteiger partial charge in [-0.15, -0.1) is 10.3 Å². The SMILES string of the molecule is CC1[N-]C(/C=N/O)NC(C)N1.CC1[N-]C(/C=N/O)NC(C)N1.[Br][Ni+2][Br]. The Hall–Kier alpha value is 0.154. The van der Waals surface area contributed by atoms with Gasteiger partial charge in [0.1, 0.15) is 0 Å². The molecule has 0 spiro atoms. The maximum atomic E-state index is 8.24. The van der Waals surface area contributed by atoms with E-state index in [0.717, 1.165) is 0 Å². The summed E-state index contributed by atoms with van der Waals surface area (Å²) in [6.45, 7) is 7.89. The van der Waals surface area contributed by atoms with Crippen LogP contribution in [-0.2, 0) is 10.9 Å². The van der Waals surface area contributed by atoms with Gasteiger partial charge in [-0.25, -0.2) is 0 Å². The Morgan fingerprint density at radius 1 is 0.800 bits per heavy atom. The quantitative estimate of drug-likeness (QED) is 0.138. The van der Waals surface area contributed by atoms with E-state index < -0.39 is 0 Å². The molecule has 0 saturated carbocycles. The van der Waals surface area contributed by atoms with Crippen molar-refractivity contribution in [2.75, 3.05) is 0 Å². The van der Waals surface area contributed by atoms with Crippen LogP contribution in [0.1, 0.15) is 27.7 Å². The van der Waals surface area contributed by atoms with Crippen molar-refractivity contribution in [1.29, 1.82) is 0 Å². The number of hydrogen-bond donors (Lipinski definition) is 6. The molecule has 6 atom stereocenters. The molecule has 2 heterocycles. The van der Waals surface area contributed by atoms with Crippen LogP contribution in [0.15, 0.2) is 10.3 Å². The van der Waals surface area contributed by atoms with E-state index in [4.69, 9.17) is 10.4 Å². The Balaban J connectivity index is 0.000000399. The zero-order chi connectivity index (χ0) is 19.2. The zero-order valence-electron chi connectivity index (χ0n) is 14.4. The molecular formula is C12H26Br2N8NiO2. The van der Waals surface area contributed by atoms with Crippen LogP contribution in [0.5, 0.6) is 0 Å². The Kier molecular flexibility index (Phi) is 15.3. The third kappa shape index (κ3) is 13.0. The second kappa shape index (κ2) is 15.2.